The van der Waals surface area contributed by atoms with E-state index in [1.54, 1.807) is 0 Å². The Hall–Kier alpha value is -0.530. The van der Waals surface area contributed by atoms with Gasteiger partial charge in [-0.1, -0.05) is 19.3 Å². The number of carbonyl (C=O) groups is 1. The van der Waals surface area contributed by atoms with Crippen molar-refractivity contribution in [2.24, 2.45) is 5.92 Å². The van der Waals surface area contributed by atoms with Gasteiger partial charge in [-0.25, -0.2) is 0 Å². The molecule has 1 atom stereocenters. The molecule has 2 rings (SSSR count). The van der Waals surface area contributed by atoms with Crippen LogP contribution in [0.2, 0.25) is 0 Å². The van der Waals surface area contributed by atoms with Crippen LogP contribution in [0.5, 0.6) is 0 Å². The van der Waals surface area contributed by atoms with Crippen LogP contribution < -0.4 is 5.32 Å². The summed E-state index contributed by atoms with van der Waals surface area (Å²) in [6.45, 7) is 2.19. The van der Waals surface area contributed by atoms with Gasteiger partial charge in [0.05, 0.1) is 0 Å². The largest absolute Gasteiger partial charge is 0.351 e. The fraction of sp³-hybridized carbons (Fsp3) is 0.900. The minimum atomic E-state index is 0.141. The van der Waals surface area contributed by atoms with Crippen molar-refractivity contribution in [1.29, 1.82) is 0 Å². The van der Waals surface area contributed by atoms with E-state index in [0.717, 1.165) is 18.8 Å². The Morgan fingerprint density at radius 1 is 1.58 bits per heavy atom. The zero-order chi connectivity index (χ0) is 8.60. The molecule has 1 amide bonds. The molecule has 68 valence electrons. The van der Waals surface area contributed by atoms with Crippen molar-refractivity contribution in [3.05, 3.63) is 0 Å². The van der Waals surface area contributed by atoms with Gasteiger partial charge >= 0.3 is 0 Å². The molecule has 1 saturated heterocycles. The van der Waals surface area contributed by atoms with Gasteiger partial charge in [-0.3, -0.25) is 4.79 Å². The summed E-state index contributed by atoms with van der Waals surface area (Å²) in [5, 5.41) is 3.09. The van der Waals surface area contributed by atoms with Gasteiger partial charge in [-0.15, -0.1) is 0 Å². The van der Waals surface area contributed by atoms with Gasteiger partial charge in [0.2, 0.25) is 5.91 Å². The Balaban J connectivity index is 1.88. The fourth-order valence-corrected chi connectivity index (χ4v) is 2.34. The lowest BCUT2D eigenvalue weighted by Crippen LogP contribution is -2.41. The highest BCUT2D eigenvalue weighted by Gasteiger charge is 2.36. The van der Waals surface area contributed by atoms with E-state index in [1.165, 1.54) is 25.7 Å². The SMILES string of the molecule is CC1(CC2CCC2)CCC(=O)N1. The third-order valence-corrected chi connectivity index (χ3v) is 3.31. The molecule has 1 aliphatic heterocycles. The second-order valence-electron chi connectivity index (χ2n) is 4.61. The first-order valence-corrected chi connectivity index (χ1v) is 4.99. The van der Waals surface area contributed by atoms with Gasteiger partial charge in [0.15, 0.2) is 0 Å². The van der Waals surface area contributed by atoms with E-state index in [0.29, 0.717) is 0 Å². The number of hydrogen-bond acceptors (Lipinski definition) is 1. The Bertz CT molecular complexity index is 198. The zero-order valence-electron chi connectivity index (χ0n) is 7.73. The summed E-state index contributed by atoms with van der Waals surface area (Å²) in [7, 11) is 0. The van der Waals surface area contributed by atoms with Crippen molar-refractivity contribution in [2.45, 2.75) is 51.0 Å². The molecule has 0 aromatic rings. The molecule has 0 bridgehead atoms. The first-order chi connectivity index (χ1) is 5.68. The molecule has 1 heterocycles. The van der Waals surface area contributed by atoms with Gasteiger partial charge in [-0.2, -0.15) is 0 Å². The van der Waals surface area contributed by atoms with Crippen LogP contribution >= 0.6 is 0 Å². The van der Waals surface area contributed by atoms with Crippen molar-refractivity contribution in [1.82, 2.24) is 5.32 Å². The zero-order valence-corrected chi connectivity index (χ0v) is 7.73. The highest BCUT2D eigenvalue weighted by molar-refractivity contribution is 5.79. The van der Waals surface area contributed by atoms with Crippen molar-refractivity contribution < 1.29 is 4.79 Å². The monoisotopic (exact) mass is 167 g/mol. The fourth-order valence-electron chi connectivity index (χ4n) is 2.34. The molecule has 1 saturated carbocycles. The van der Waals surface area contributed by atoms with Gasteiger partial charge in [-0.05, 0) is 25.7 Å². The maximum Gasteiger partial charge on any atom is 0.220 e. The van der Waals surface area contributed by atoms with E-state index in [2.05, 4.69) is 12.2 Å². The number of rotatable bonds is 2. The van der Waals surface area contributed by atoms with Gasteiger partial charge in [0.1, 0.15) is 0 Å². The predicted molar refractivity (Wildman–Crippen MR) is 47.7 cm³/mol. The number of amides is 1. The Morgan fingerprint density at radius 2 is 2.33 bits per heavy atom. The van der Waals surface area contributed by atoms with E-state index < -0.39 is 0 Å². The number of carbonyl (C=O) groups excluding carboxylic acids is 1. The van der Waals surface area contributed by atoms with Crippen LogP contribution in [0.4, 0.5) is 0 Å². The second-order valence-corrected chi connectivity index (χ2v) is 4.61. The molecule has 2 aliphatic rings. The van der Waals surface area contributed by atoms with Gasteiger partial charge in [0, 0.05) is 12.0 Å². The molecule has 12 heavy (non-hydrogen) atoms. The molecular formula is C10H17NO. The summed E-state index contributed by atoms with van der Waals surface area (Å²) in [6, 6.07) is 0. The van der Waals surface area contributed by atoms with E-state index in [-0.39, 0.29) is 11.4 Å². The quantitative estimate of drug-likeness (QED) is 0.668. The Labute approximate surface area is 73.7 Å². The molecule has 1 N–H and O–H groups in total. The smallest absolute Gasteiger partial charge is 0.220 e. The van der Waals surface area contributed by atoms with Crippen LogP contribution in [0.3, 0.4) is 0 Å². The summed E-state index contributed by atoms with van der Waals surface area (Å²) in [4.78, 5) is 11.0. The highest BCUT2D eigenvalue weighted by Crippen LogP contribution is 2.36. The minimum absolute atomic E-state index is 0.141. The normalized spacial score (nSPS) is 36.2. The second kappa shape index (κ2) is 2.75. The van der Waals surface area contributed by atoms with Crippen molar-refractivity contribution >= 4 is 5.91 Å². The molecule has 0 radical (unpaired) electrons. The van der Waals surface area contributed by atoms with Crippen LogP contribution in [0, 0.1) is 5.92 Å². The molecule has 0 aromatic carbocycles. The van der Waals surface area contributed by atoms with Crippen LogP contribution in [0.15, 0.2) is 0 Å². The molecule has 2 fully saturated rings. The average Bonchev–Trinajstić information content (AvgIpc) is 2.24. The summed E-state index contributed by atoms with van der Waals surface area (Å²) in [6.07, 6.45) is 7.15. The Kier molecular flexibility index (Phi) is 1.85. The number of nitrogens with one attached hydrogen (secondary N) is 1. The van der Waals surface area contributed by atoms with Crippen LogP contribution in [0.1, 0.15) is 45.4 Å². The third kappa shape index (κ3) is 1.47. The number of hydrogen-bond donors (Lipinski definition) is 1. The minimum Gasteiger partial charge on any atom is -0.351 e. The molecule has 2 heteroatoms. The van der Waals surface area contributed by atoms with E-state index >= 15 is 0 Å². The first-order valence-electron chi connectivity index (χ1n) is 4.99. The van der Waals surface area contributed by atoms with E-state index in [4.69, 9.17) is 0 Å². The van der Waals surface area contributed by atoms with Crippen LogP contribution in [0.25, 0.3) is 0 Å². The van der Waals surface area contributed by atoms with E-state index in [1.807, 2.05) is 0 Å². The highest BCUT2D eigenvalue weighted by atomic mass is 16.2. The maximum absolute atomic E-state index is 11.0. The molecule has 1 unspecified atom stereocenters. The molecule has 0 aromatic heterocycles. The van der Waals surface area contributed by atoms with Crippen LogP contribution in [-0.4, -0.2) is 11.4 Å². The summed E-state index contributed by atoms with van der Waals surface area (Å²) in [5.74, 6) is 1.14. The standard InChI is InChI=1S/C10H17NO/c1-10(6-5-9(12)11-10)7-8-3-2-4-8/h8H,2-7H2,1H3,(H,11,12). The topological polar surface area (TPSA) is 29.1 Å². The molecule has 2 nitrogen and oxygen atoms in total. The maximum atomic E-state index is 11.0. The third-order valence-electron chi connectivity index (χ3n) is 3.31. The van der Waals surface area contributed by atoms with Gasteiger partial charge < -0.3 is 5.32 Å². The average molecular weight is 167 g/mol. The summed E-state index contributed by atoms with van der Waals surface area (Å²) in [5.41, 5.74) is 0.141. The molecule has 0 spiro atoms. The van der Waals surface area contributed by atoms with Crippen molar-refractivity contribution in [3.63, 3.8) is 0 Å². The van der Waals surface area contributed by atoms with E-state index in [9.17, 15) is 4.79 Å². The van der Waals surface area contributed by atoms with Crippen molar-refractivity contribution in [2.75, 3.05) is 0 Å². The van der Waals surface area contributed by atoms with Gasteiger partial charge in [0.25, 0.3) is 0 Å². The molecular weight excluding hydrogens is 150 g/mol. The predicted octanol–water partition coefficient (Wildman–Crippen LogP) is 1.85. The summed E-state index contributed by atoms with van der Waals surface area (Å²) < 4.78 is 0. The van der Waals surface area contributed by atoms with Crippen LogP contribution in [-0.2, 0) is 4.79 Å². The van der Waals surface area contributed by atoms with Crippen molar-refractivity contribution in [3.8, 4) is 0 Å². The lowest BCUT2D eigenvalue weighted by atomic mass is 9.76. The Morgan fingerprint density at radius 3 is 2.75 bits per heavy atom. The first kappa shape index (κ1) is 8.09. The lowest BCUT2D eigenvalue weighted by molar-refractivity contribution is -0.119. The summed E-state index contributed by atoms with van der Waals surface area (Å²) >= 11 is 0. The lowest BCUT2D eigenvalue weighted by Gasteiger charge is -2.34. The molecule has 1 aliphatic carbocycles.